The van der Waals surface area contributed by atoms with Gasteiger partial charge in [0.15, 0.2) is 5.82 Å². The highest BCUT2D eigenvalue weighted by Gasteiger charge is 2.02. The van der Waals surface area contributed by atoms with Crippen LogP contribution >= 0.6 is 11.6 Å². The van der Waals surface area contributed by atoms with Gasteiger partial charge in [-0.2, -0.15) is 10.1 Å². The third kappa shape index (κ3) is 3.79. The summed E-state index contributed by atoms with van der Waals surface area (Å²) in [6.45, 7) is 4.86. The quantitative estimate of drug-likeness (QED) is 0.877. The molecule has 0 aliphatic heterocycles. The molecule has 0 spiro atoms. The minimum absolute atomic E-state index is 0.519. The van der Waals surface area contributed by atoms with Crippen LogP contribution in [-0.2, 0) is 0 Å². The normalized spacial score (nSPS) is 10.3. The monoisotopic (exact) mass is 277 g/mol. The molecule has 19 heavy (non-hydrogen) atoms. The third-order valence-electron chi connectivity index (χ3n) is 2.54. The van der Waals surface area contributed by atoms with Crippen molar-refractivity contribution in [1.29, 1.82) is 0 Å². The zero-order valence-electron chi connectivity index (χ0n) is 10.9. The maximum atomic E-state index is 6.08. The average Bonchev–Trinajstić information content (AvgIpc) is 2.41. The van der Waals surface area contributed by atoms with Crippen LogP contribution in [0.3, 0.4) is 0 Å². The highest BCUT2D eigenvalue weighted by atomic mass is 35.5. The molecular formula is C13H16ClN5. The van der Waals surface area contributed by atoms with Crippen LogP contribution in [0, 0.1) is 6.92 Å². The molecule has 100 valence electrons. The van der Waals surface area contributed by atoms with E-state index in [-0.39, 0.29) is 0 Å². The molecule has 0 radical (unpaired) electrons. The maximum Gasteiger partial charge on any atom is 0.244 e. The van der Waals surface area contributed by atoms with Crippen molar-refractivity contribution in [3.8, 4) is 0 Å². The Hall–Kier alpha value is -1.88. The Labute approximate surface area is 117 Å². The number of anilines is 3. The molecule has 1 heterocycles. The predicted octanol–water partition coefficient (Wildman–Crippen LogP) is 3.40. The summed E-state index contributed by atoms with van der Waals surface area (Å²) in [5.41, 5.74) is 1.91. The third-order valence-corrected chi connectivity index (χ3v) is 2.94. The van der Waals surface area contributed by atoms with E-state index in [0.717, 1.165) is 29.2 Å². The Balaban J connectivity index is 2.11. The molecule has 6 heteroatoms. The molecule has 0 aliphatic rings. The maximum absolute atomic E-state index is 6.08. The van der Waals surface area contributed by atoms with Crippen molar-refractivity contribution in [2.45, 2.75) is 20.3 Å². The molecule has 2 rings (SSSR count). The first-order valence-corrected chi connectivity index (χ1v) is 6.53. The number of hydrogen-bond donors (Lipinski definition) is 2. The summed E-state index contributed by atoms with van der Waals surface area (Å²) in [4.78, 5) is 4.32. The summed E-state index contributed by atoms with van der Waals surface area (Å²) in [5.74, 6) is 1.15. The first kappa shape index (κ1) is 13.5. The number of aryl methyl sites for hydroxylation is 1. The highest BCUT2D eigenvalue weighted by Crippen LogP contribution is 2.22. The number of nitrogens with zero attached hydrogens (tertiary/aromatic N) is 3. The SMILES string of the molecule is CCCNc1nncc(Nc2ccc(C)c(Cl)c2)n1. The fourth-order valence-electron chi connectivity index (χ4n) is 1.49. The van der Waals surface area contributed by atoms with Crippen molar-refractivity contribution in [2.75, 3.05) is 17.2 Å². The molecule has 0 amide bonds. The van der Waals surface area contributed by atoms with E-state index in [4.69, 9.17) is 11.6 Å². The molecule has 0 atom stereocenters. The number of nitrogens with one attached hydrogen (secondary N) is 2. The largest absolute Gasteiger partial charge is 0.353 e. The van der Waals surface area contributed by atoms with Crippen molar-refractivity contribution >= 4 is 29.1 Å². The van der Waals surface area contributed by atoms with Crippen LogP contribution < -0.4 is 10.6 Å². The molecule has 0 fully saturated rings. The summed E-state index contributed by atoms with van der Waals surface area (Å²) >= 11 is 6.08. The van der Waals surface area contributed by atoms with Gasteiger partial charge < -0.3 is 10.6 Å². The second-order valence-corrected chi connectivity index (χ2v) is 4.59. The summed E-state index contributed by atoms with van der Waals surface area (Å²) in [6, 6.07) is 5.76. The van der Waals surface area contributed by atoms with Crippen molar-refractivity contribution in [2.24, 2.45) is 0 Å². The summed E-state index contributed by atoms with van der Waals surface area (Å²) in [6.07, 6.45) is 2.58. The molecule has 0 aliphatic carbocycles. The van der Waals surface area contributed by atoms with Crippen LogP contribution in [0.15, 0.2) is 24.4 Å². The molecule has 0 saturated carbocycles. The van der Waals surface area contributed by atoms with Gasteiger partial charge >= 0.3 is 0 Å². The minimum atomic E-state index is 0.519. The lowest BCUT2D eigenvalue weighted by Crippen LogP contribution is -2.06. The summed E-state index contributed by atoms with van der Waals surface area (Å²) < 4.78 is 0. The van der Waals surface area contributed by atoms with Crippen molar-refractivity contribution in [3.05, 3.63) is 35.0 Å². The van der Waals surface area contributed by atoms with E-state index in [2.05, 4.69) is 32.7 Å². The Morgan fingerprint density at radius 3 is 2.89 bits per heavy atom. The lowest BCUT2D eigenvalue weighted by atomic mass is 10.2. The number of hydrogen-bond acceptors (Lipinski definition) is 5. The molecule has 1 aromatic heterocycles. The van der Waals surface area contributed by atoms with Crippen LogP contribution in [0.2, 0.25) is 5.02 Å². The molecule has 5 nitrogen and oxygen atoms in total. The lowest BCUT2D eigenvalue weighted by Gasteiger charge is -2.08. The van der Waals surface area contributed by atoms with E-state index < -0.39 is 0 Å². The van der Waals surface area contributed by atoms with Gasteiger partial charge in [0.25, 0.3) is 0 Å². The number of rotatable bonds is 5. The Bertz CT molecular complexity index is 558. The van der Waals surface area contributed by atoms with E-state index in [1.54, 1.807) is 6.20 Å². The van der Waals surface area contributed by atoms with Crippen molar-refractivity contribution in [3.63, 3.8) is 0 Å². The van der Waals surface area contributed by atoms with Gasteiger partial charge in [0.2, 0.25) is 5.95 Å². The topological polar surface area (TPSA) is 62.7 Å². The van der Waals surface area contributed by atoms with Crippen LogP contribution in [0.1, 0.15) is 18.9 Å². The molecule has 0 unspecified atom stereocenters. The predicted molar refractivity (Wildman–Crippen MR) is 78.1 cm³/mol. The molecule has 1 aromatic carbocycles. The zero-order valence-corrected chi connectivity index (χ0v) is 11.7. The highest BCUT2D eigenvalue weighted by molar-refractivity contribution is 6.31. The fraction of sp³-hybridized carbons (Fsp3) is 0.308. The van der Waals surface area contributed by atoms with Gasteiger partial charge in [-0.15, -0.1) is 5.10 Å². The van der Waals surface area contributed by atoms with Crippen molar-refractivity contribution < 1.29 is 0 Å². The molecular weight excluding hydrogens is 262 g/mol. The molecule has 0 bridgehead atoms. The van der Waals surface area contributed by atoms with Gasteiger partial charge in [0.1, 0.15) is 0 Å². The van der Waals surface area contributed by atoms with Crippen molar-refractivity contribution in [1.82, 2.24) is 15.2 Å². The van der Waals surface area contributed by atoms with E-state index >= 15 is 0 Å². The smallest absolute Gasteiger partial charge is 0.244 e. The molecule has 0 saturated heterocycles. The van der Waals surface area contributed by atoms with Gasteiger partial charge in [0, 0.05) is 17.3 Å². The molecule has 2 N–H and O–H groups in total. The lowest BCUT2D eigenvalue weighted by molar-refractivity contribution is 0.913. The Kier molecular flexibility index (Phi) is 4.52. The van der Waals surface area contributed by atoms with Crippen LogP contribution in [0.5, 0.6) is 0 Å². The Morgan fingerprint density at radius 1 is 1.32 bits per heavy atom. The second-order valence-electron chi connectivity index (χ2n) is 4.18. The number of halogens is 1. The minimum Gasteiger partial charge on any atom is -0.353 e. The van der Waals surface area contributed by atoms with Crippen LogP contribution in [-0.4, -0.2) is 21.7 Å². The van der Waals surface area contributed by atoms with Crippen LogP contribution in [0.4, 0.5) is 17.5 Å². The van der Waals surface area contributed by atoms with Gasteiger partial charge in [0.05, 0.1) is 6.20 Å². The van der Waals surface area contributed by atoms with Gasteiger partial charge in [-0.05, 0) is 31.0 Å². The summed E-state index contributed by atoms with van der Waals surface area (Å²) in [7, 11) is 0. The second kappa shape index (κ2) is 6.33. The van der Waals surface area contributed by atoms with E-state index in [1.807, 2.05) is 25.1 Å². The van der Waals surface area contributed by atoms with E-state index in [0.29, 0.717) is 11.8 Å². The first-order valence-electron chi connectivity index (χ1n) is 6.16. The Morgan fingerprint density at radius 2 is 2.16 bits per heavy atom. The van der Waals surface area contributed by atoms with Gasteiger partial charge in [-0.3, -0.25) is 0 Å². The van der Waals surface area contributed by atoms with Gasteiger partial charge in [-0.1, -0.05) is 24.6 Å². The number of benzene rings is 1. The summed E-state index contributed by atoms with van der Waals surface area (Å²) in [5, 5.41) is 14.8. The number of aromatic nitrogens is 3. The zero-order chi connectivity index (χ0) is 13.7. The average molecular weight is 278 g/mol. The fourth-order valence-corrected chi connectivity index (χ4v) is 1.67. The first-order chi connectivity index (χ1) is 9.19. The standard InChI is InChI=1S/C13H16ClN5/c1-3-6-15-13-18-12(8-16-19-13)17-10-5-4-9(2)11(14)7-10/h4-5,7-8H,3,6H2,1-2H3,(H2,15,17,18,19). The molecule has 2 aromatic rings. The van der Waals surface area contributed by atoms with Crippen LogP contribution in [0.25, 0.3) is 0 Å². The van der Waals surface area contributed by atoms with E-state index in [9.17, 15) is 0 Å². The van der Waals surface area contributed by atoms with Gasteiger partial charge in [-0.25, -0.2) is 0 Å². The van der Waals surface area contributed by atoms with E-state index in [1.165, 1.54) is 0 Å².